The molecule has 0 radical (unpaired) electrons. The molecule has 134 valence electrons. The minimum atomic E-state index is -0.978. The van der Waals surface area contributed by atoms with Crippen molar-refractivity contribution in [3.63, 3.8) is 0 Å². The Morgan fingerprint density at radius 3 is 2.73 bits per heavy atom. The van der Waals surface area contributed by atoms with Crippen molar-refractivity contribution in [2.75, 3.05) is 6.61 Å². The van der Waals surface area contributed by atoms with Crippen LogP contribution in [-0.2, 0) is 6.54 Å². The molecule has 0 spiro atoms. The lowest BCUT2D eigenvalue weighted by Crippen LogP contribution is -2.38. The zero-order chi connectivity index (χ0) is 18.8. The number of pyridine rings is 1. The standard InChI is InChI=1S/C19H18N2O5/c1-3-8-21-18(23)12(9-20)11(2)16(19(21)24)17(22)15-10-25-13-6-4-5-7-14(13)26-15/h4-7,15,24H,3,8,10H2,1-2H3. The number of Topliss-reactive ketones (excluding diaryl/α,β-unsaturated/α-hetero) is 1. The lowest BCUT2D eigenvalue weighted by molar-refractivity contribution is 0.0581. The number of nitriles is 1. The number of carbonyl (C=O) groups excluding carboxylic acids is 1. The Hall–Kier alpha value is -3.27. The number of rotatable bonds is 4. The van der Waals surface area contributed by atoms with E-state index < -0.39 is 23.3 Å². The summed E-state index contributed by atoms with van der Waals surface area (Å²) < 4.78 is 12.3. The van der Waals surface area contributed by atoms with E-state index in [2.05, 4.69) is 0 Å². The van der Waals surface area contributed by atoms with Gasteiger partial charge in [0.05, 0.1) is 5.56 Å². The SMILES string of the molecule is CCCn1c(O)c(C(=O)C2COc3ccccc3O2)c(C)c(C#N)c1=O. The van der Waals surface area contributed by atoms with Gasteiger partial charge in [0.25, 0.3) is 5.56 Å². The van der Waals surface area contributed by atoms with Gasteiger partial charge in [-0.2, -0.15) is 5.26 Å². The largest absolute Gasteiger partial charge is 0.494 e. The number of aromatic nitrogens is 1. The molecular formula is C19H18N2O5. The Morgan fingerprint density at radius 1 is 1.38 bits per heavy atom. The van der Waals surface area contributed by atoms with Crippen LogP contribution < -0.4 is 15.0 Å². The second-order valence-electron chi connectivity index (χ2n) is 6.00. The Balaban J connectivity index is 2.07. The summed E-state index contributed by atoms with van der Waals surface area (Å²) in [6.07, 6.45) is -0.417. The van der Waals surface area contributed by atoms with Gasteiger partial charge in [0.1, 0.15) is 18.2 Å². The Morgan fingerprint density at radius 2 is 2.08 bits per heavy atom. The molecule has 1 aliphatic heterocycles. The minimum Gasteiger partial charge on any atom is -0.494 e. The van der Waals surface area contributed by atoms with E-state index in [0.717, 1.165) is 4.57 Å². The maximum absolute atomic E-state index is 13.0. The highest BCUT2D eigenvalue weighted by molar-refractivity contribution is 6.03. The number of para-hydroxylation sites is 2. The lowest BCUT2D eigenvalue weighted by atomic mass is 9.98. The molecule has 2 aromatic rings. The van der Waals surface area contributed by atoms with Gasteiger partial charge in [-0.15, -0.1) is 0 Å². The maximum atomic E-state index is 13.0. The highest BCUT2D eigenvalue weighted by atomic mass is 16.6. The number of hydrogen-bond acceptors (Lipinski definition) is 6. The summed E-state index contributed by atoms with van der Waals surface area (Å²) in [5.74, 6) is -0.0144. The quantitative estimate of drug-likeness (QED) is 0.844. The van der Waals surface area contributed by atoms with E-state index in [4.69, 9.17) is 9.47 Å². The maximum Gasteiger partial charge on any atom is 0.271 e. The molecule has 1 aromatic heterocycles. The fourth-order valence-electron chi connectivity index (χ4n) is 2.99. The van der Waals surface area contributed by atoms with Gasteiger partial charge in [-0.25, -0.2) is 0 Å². The van der Waals surface area contributed by atoms with Crippen LogP contribution in [0.1, 0.15) is 34.8 Å². The summed E-state index contributed by atoms with van der Waals surface area (Å²) in [5, 5.41) is 19.9. The number of carbonyl (C=O) groups is 1. The van der Waals surface area contributed by atoms with Crippen LogP contribution in [0.3, 0.4) is 0 Å². The van der Waals surface area contributed by atoms with E-state index in [1.807, 2.05) is 13.0 Å². The summed E-state index contributed by atoms with van der Waals surface area (Å²) in [6, 6.07) is 8.79. The van der Waals surface area contributed by atoms with E-state index in [1.54, 1.807) is 24.3 Å². The third-order valence-corrected chi connectivity index (χ3v) is 4.29. The summed E-state index contributed by atoms with van der Waals surface area (Å²) in [4.78, 5) is 25.4. The molecular weight excluding hydrogens is 336 g/mol. The number of benzene rings is 1. The first-order valence-corrected chi connectivity index (χ1v) is 8.28. The summed E-state index contributed by atoms with van der Waals surface area (Å²) in [6.45, 7) is 3.48. The van der Waals surface area contributed by atoms with Crippen molar-refractivity contribution in [3.05, 3.63) is 51.3 Å². The number of hydrogen-bond donors (Lipinski definition) is 1. The molecule has 0 amide bonds. The van der Waals surface area contributed by atoms with Crippen LogP contribution in [0.4, 0.5) is 0 Å². The molecule has 3 rings (SSSR count). The Bertz CT molecular complexity index is 971. The van der Waals surface area contributed by atoms with Gasteiger partial charge in [-0.05, 0) is 31.0 Å². The Kier molecular flexibility index (Phi) is 4.67. The van der Waals surface area contributed by atoms with Crippen molar-refractivity contribution in [1.82, 2.24) is 4.57 Å². The molecule has 7 heteroatoms. The van der Waals surface area contributed by atoms with Crippen LogP contribution in [0.25, 0.3) is 0 Å². The highest BCUT2D eigenvalue weighted by Gasteiger charge is 2.33. The second kappa shape index (κ2) is 6.92. The highest BCUT2D eigenvalue weighted by Crippen LogP contribution is 2.33. The number of ether oxygens (including phenoxy) is 2. The number of fused-ring (bicyclic) bond motifs is 1. The van der Waals surface area contributed by atoms with Crippen LogP contribution in [0.5, 0.6) is 17.4 Å². The molecule has 7 nitrogen and oxygen atoms in total. The smallest absolute Gasteiger partial charge is 0.271 e. The van der Waals surface area contributed by atoms with E-state index in [9.17, 15) is 20.0 Å². The number of ketones is 1. The summed E-state index contributed by atoms with van der Waals surface area (Å²) in [5.41, 5.74) is -0.693. The van der Waals surface area contributed by atoms with Crippen LogP contribution in [0.15, 0.2) is 29.1 Å². The molecule has 1 unspecified atom stereocenters. The first kappa shape index (κ1) is 17.5. The Labute approximate surface area is 150 Å². The zero-order valence-corrected chi connectivity index (χ0v) is 14.5. The molecule has 1 atom stereocenters. The molecule has 2 heterocycles. The van der Waals surface area contributed by atoms with E-state index in [1.165, 1.54) is 6.92 Å². The summed E-state index contributed by atoms with van der Waals surface area (Å²) >= 11 is 0. The summed E-state index contributed by atoms with van der Waals surface area (Å²) in [7, 11) is 0. The van der Waals surface area contributed by atoms with Crippen LogP contribution >= 0.6 is 0 Å². The third kappa shape index (κ3) is 2.80. The van der Waals surface area contributed by atoms with Gasteiger partial charge in [0.15, 0.2) is 17.6 Å². The fourth-order valence-corrected chi connectivity index (χ4v) is 2.99. The molecule has 0 saturated heterocycles. The van der Waals surface area contributed by atoms with E-state index in [-0.39, 0.29) is 29.8 Å². The van der Waals surface area contributed by atoms with Crippen molar-refractivity contribution in [2.45, 2.75) is 32.9 Å². The van der Waals surface area contributed by atoms with Crippen molar-refractivity contribution >= 4 is 5.78 Å². The fraction of sp³-hybridized carbons (Fsp3) is 0.316. The van der Waals surface area contributed by atoms with Crippen LogP contribution in [-0.4, -0.2) is 28.2 Å². The lowest BCUT2D eigenvalue weighted by Gasteiger charge is -2.26. The van der Waals surface area contributed by atoms with Gasteiger partial charge in [0, 0.05) is 6.54 Å². The molecule has 0 saturated carbocycles. The van der Waals surface area contributed by atoms with Gasteiger partial charge in [-0.1, -0.05) is 19.1 Å². The predicted octanol–water partition coefficient (Wildman–Crippen LogP) is 2.17. The predicted molar refractivity (Wildman–Crippen MR) is 92.8 cm³/mol. The van der Waals surface area contributed by atoms with E-state index in [0.29, 0.717) is 17.9 Å². The average molecular weight is 354 g/mol. The van der Waals surface area contributed by atoms with Gasteiger partial charge >= 0.3 is 0 Å². The minimum absolute atomic E-state index is 0.0243. The first-order chi connectivity index (χ1) is 12.5. The molecule has 26 heavy (non-hydrogen) atoms. The molecule has 1 aliphatic rings. The molecule has 1 N–H and O–H groups in total. The average Bonchev–Trinajstić information content (AvgIpc) is 2.65. The van der Waals surface area contributed by atoms with Gasteiger partial charge < -0.3 is 14.6 Å². The second-order valence-corrected chi connectivity index (χ2v) is 6.00. The normalized spacial score (nSPS) is 15.3. The van der Waals surface area contributed by atoms with Crippen molar-refractivity contribution < 1.29 is 19.4 Å². The van der Waals surface area contributed by atoms with Crippen LogP contribution in [0.2, 0.25) is 0 Å². The molecule has 0 aliphatic carbocycles. The van der Waals surface area contributed by atoms with Crippen molar-refractivity contribution in [1.29, 1.82) is 5.26 Å². The number of aromatic hydroxyl groups is 1. The zero-order valence-electron chi connectivity index (χ0n) is 14.5. The molecule has 0 fully saturated rings. The topological polar surface area (TPSA) is 102 Å². The van der Waals surface area contributed by atoms with Crippen molar-refractivity contribution in [3.8, 4) is 23.4 Å². The third-order valence-electron chi connectivity index (χ3n) is 4.29. The first-order valence-electron chi connectivity index (χ1n) is 8.28. The number of nitrogens with zero attached hydrogens (tertiary/aromatic N) is 2. The monoisotopic (exact) mass is 354 g/mol. The molecule has 0 bridgehead atoms. The van der Waals surface area contributed by atoms with E-state index >= 15 is 0 Å². The molecule has 1 aromatic carbocycles. The van der Waals surface area contributed by atoms with Gasteiger partial charge in [-0.3, -0.25) is 14.2 Å². The van der Waals surface area contributed by atoms with Gasteiger partial charge in [0.2, 0.25) is 11.7 Å². The van der Waals surface area contributed by atoms with Crippen LogP contribution in [0, 0.1) is 18.3 Å². The van der Waals surface area contributed by atoms with Crippen molar-refractivity contribution in [2.24, 2.45) is 0 Å².